The third-order valence-electron chi connectivity index (χ3n) is 4.69. The Morgan fingerprint density at radius 3 is 2.48 bits per heavy atom. The average molecular weight is 400 g/mol. The van der Waals surface area contributed by atoms with Gasteiger partial charge in [0.2, 0.25) is 10.0 Å². The number of fused-ring (bicyclic) bond motifs is 1. The van der Waals surface area contributed by atoms with Crippen LogP contribution in [0, 0.1) is 11.3 Å². The van der Waals surface area contributed by atoms with Gasteiger partial charge in [-0.25, -0.2) is 8.42 Å². The van der Waals surface area contributed by atoms with Crippen molar-refractivity contribution in [3.63, 3.8) is 0 Å². The lowest BCUT2D eigenvalue weighted by Crippen LogP contribution is -2.48. The second-order valence-corrected chi connectivity index (χ2v) is 8.81. The third kappa shape index (κ3) is 3.57. The summed E-state index contributed by atoms with van der Waals surface area (Å²) in [5.74, 6) is 0. The summed E-state index contributed by atoms with van der Waals surface area (Å²) < 4.78 is 35.9. The molecule has 0 amide bonds. The van der Waals surface area contributed by atoms with Crippen LogP contribution in [0.25, 0.3) is 11.0 Å². The molecule has 0 aliphatic carbocycles. The standard InChI is InChI=1S/C18H17N5O2S2/c19-12-14-4-6-15(7-5-14)13-22-8-10-23(11-9-22)27(24,25)17-3-1-2-16-18(17)21-26-20-16/h1-7H,8-11,13H2. The Kier molecular flexibility index (Phi) is 4.88. The van der Waals surface area contributed by atoms with E-state index in [9.17, 15) is 8.42 Å². The summed E-state index contributed by atoms with van der Waals surface area (Å²) in [6.07, 6.45) is 0. The van der Waals surface area contributed by atoms with Gasteiger partial charge in [-0.1, -0.05) is 18.2 Å². The lowest BCUT2D eigenvalue weighted by Gasteiger charge is -2.34. The highest BCUT2D eigenvalue weighted by Crippen LogP contribution is 2.25. The largest absolute Gasteiger partial charge is 0.296 e. The van der Waals surface area contributed by atoms with Crippen LogP contribution in [0.1, 0.15) is 11.1 Å². The summed E-state index contributed by atoms with van der Waals surface area (Å²) in [7, 11) is -3.59. The van der Waals surface area contributed by atoms with Gasteiger partial charge in [0.05, 0.1) is 23.4 Å². The molecule has 0 saturated carbocycles. The van der Waals surface area contributed by atoms with Gasteiger partial charge < -0.3 is 0 Å². The van der Waals surface area contributed by atoms with Crippen molar-refractivity contribution in [2.24, 2.45) is 0 Å². The van der Waals surface area contributed by atoms with Crippen molar-refractivity contribution in [2.45, 2.75) is 11.4 Å². The van der Waals surface area contributed by atoms with Gasteiger partial charge in [-0.05, 0) is 29.8 Å². The number of benzene rings is 2. The summed E-state index contributed by atoms with van der Waals surface area (Å²) in [5, 5.41) is 8.87. The van der Waals surface area contributed by atoms with E-state index in [1.165, 1.54) is 4.31 Å². The van der Waals surface area contributed by atoms with Crippen LogP contribution >= 0.6 is 11.7 Å². The SMILES string of the molecule is N#Cc1ccc(CN2CCN(S(=O)(=O)c3cccc4nsnc34)CC2)cc1. The molecule has 27 heavy (non-hydrogen) atoms. The van der Waals surface area contributed by atoms with Crippen LogP contribution in [-0.4, -0.2) is 52.5 Å². The lowest BCUT2D eigenvalue weighted by molar-refractivity contribution is 0.181. The zero-order valence-electron chi connectivity index (χ0n) is 14.4. The molecule has 0 N–H and O–H groups in total. The van der Waals surface area contributed by atoms with E-state index in [-0.39, 0.29) is 4.90 Å². The number of nitrogens with zero attached hydrogens (tertiary/aromatic N) is 5. The maximum Gasteiger partial charge on any atom is 0.245 e. The van der Waals surface area contributed by atoms with E-state index in [0.29, 0.717) is 42.8 Å². The predicted octanol–water partition coefficient (Wildman–Crippen LogP) is 2.07. The van der Waals surface area contributed by atoms with Crippen LogP contribution < -0.4 is 0 Å². The molecule has 0 spiro atoms. The number of sulfonamides is 1. The first-order valence-electron chi connectivity index (χ1n) is 8.51. The van der Waals surface area contributed by atoms with E-state index in [4.69, 9.17) is 5.26 Å². The molecule has 9 heteroatoms. The molecule has 1 fully saturated rings. The van der Waals surface area contributed by atoms with Gasteiger partial charge in [0, 0.05) is 32.7 Å². The first kappa shape index (κ1) is 18.0. The molecule has 2 heterocycles. The maximum absolute atomic E-state index is 13.0. The molecule has 0 radical (unpaired) electrons. The monoisotopic (exact) mass is 399 g/mol. The van der Waals surface area contributed by atoms with Crippen molar-refractivity contribution >= 4 is 32.8 Å². The fourth-order valence-electron chi connectivity index (χ4n) is 3.20. The van der Waals surface area contributed by atoms with Crippen molar-refractivity contribution in [1.82, 2.24) is 18.0 Å². The normalized spacial score (nSPS) is 16.4. The van der Waals surface area contributed by atoms with Crippen molar-refractivity contribution in [3.05, 3.63) is 53.6 Å². The van der Waals surface area contributed by atoms with E-state index in [0.717, 1.165) is 23.8 Å². The topological polar surface area (TPSA) is 90.2 Å². The first-order valence-corrected chi connectivity index (χ1v) is 10.7. The lowest BCUT2D eigenvalue weighted by atomic mass is 10.1. The highest BCUT2D eigenvalue weighted by molar-refractivity contribution is 7.89. The average Bonchev–Trinajstić information content (AvgIpc) is 3.18. The smallest absolute Gasteiger partial charge is 0.245 e. The number of nitriles is 1. The second kappa shape index (κ2) is 7.32. The van der Waals surface area contributed by atoms with E-state index >= 15 is 0 Å². The molecule has 1 aromatic heterocycles. The molecule has 1 aliphatic heterocycles. The predicted molar refractivity (Wildman–Crippen MR) is 103 cm³/mol. The van der Waals surface area contributed by atoms with Gasteiger partial charge >= 0.3 is 0 Å². The Morgan fingerprint density at radius 1 is 1.04 bits per heavy atom. The fourth-order valence-corrected chi connectivity index (χ4v) is 5.37. The van der Waals surface area contributed by atoms with Crippen LogP contribution in [0.15, 0.2) is 47.4 Å². The zero-order valence-corrected chi connectivity index (χ0v) is 16.1. The molecule has 3 aromatic rings. The summed E-state index contributed by atoms with van der Waals surface area (Å²) >= 11 is 1.02. The molecule has 1 aliphatic rings. The number of hydrogen-bond donors (Lipinski definition) is 0. The molecule has 0 bridgehead atoms. The highest BCUT2D eigenvalue weighted by Gasteiger charge is 2.30. The van der Waals surface area contributed by atoms with Gasteiger partial charge in [0.1, 0.15) is 15.9 Å². The van der Waals surface area contributed by atoms with Gasteiger partial charge in [-0.2, -0.15) is 18.3 Å². The molecular formula is C18H17N5O2S2. The Labute approximate surface area is 161 Å². The van der Waals surface area contributed by atoms with E-state index in [1.807, 2.05) is 12.1 Å². The Morgan fingerprint density at radius 2 is 1.78 bits per heavy atom. The molecule has 7 nitrogen and oxygen atoms in total. The molecule has 0 atom stereocenters. The van der Waals surface area contributed by atoms with Crippen molar-refractivity contribution < 1.29 is 8.42 Å². The summed E-state index contributed by atoms with van der Waals surface area (Å²) in [6, 6.07) is 14.7. The molecule has 0 unspecified atom stereocenters. The van der Waals surface area contributed by atoms with Gasteiger partial charge in [-0.3, -0.25) is 4.90 Å². The van der Waals surface area contributed by atoms with E-state index in [2.05, 4.69) is 19.7 Å². The highest BCUT2D eigenvalue weighted by atomic mass is 32.2. The quantitative estimate of drug-likeness (QED) is 0.667. The molecule has 4 rings (SSSR count). The second-order valence-electron chi connectivity index (χ2n) is 6.38. The summed E-state index contributed by atoms with van der Waals surface area (Å²) in [5.41, 5.74) is 2.81. The number of hydrogen-bond acceptors (Lipinski definition) is 7. The van der Waals surface area contributed by atoms with Crippen molar-refractivity contribution in [3.8, 4) is 6.07 Å². The number of rotatable bonds is 4. The Balaban J connectivity index is 1.45. The van der Waals surface area contributed by atoms with Crippen LogP contribution in [0.3, 0.4) is 0 Å². The Bertz CT molecular complexity index is 1090. The van der Waals surface area contributed by atoms with Crippen LogP contribution in [0.2, 0.25) is 0 Å². The summed E-state index contributed by atoms with van der Waals surface area (Å²) in [6.45, 7) is 2.93. The van der Waals surface area contributed by atoms with Gasteiger partial charge in [0.15, 0.2) is 0 Å². The first-order chi connectivity index (χ1) is 13.1. The number of aromatic nitrogens is 2. The minimum absolute atomic E-state index is 0.231. The molecular weight excluding hydrogens is 382 g/mol. The Hall–Kier alpha value is -2.38. The van der Waals surface area contributed by atoms with Crippen molar-refractivity contribution in [1.29, 1.82) is 5.26 Å². The van der Waals surface area contributed by atoms with Crippen LogP contribution in [0.5, 0.6) is 0 Å². The van der Waals surface area contributed by atoms with Gasteiger partial charge in [-0.15, -0.1) is 0 Å². The molecule has 2 aromatic carbocycles. The van der Waals surface area contributed by atoms with Gasteiger partial charge in [0.25, 0.3) is 0 Å². The van der Waals surface area contributed by atoms with Crippen molar-refractivity contribution in [2.75, 3.05) is 26.2 Å². The van der Waals surface area contributed by atoms with Crippen LogP contribution in [-0.2, 0) is 16.6 Å². The third-order valence-corrected chi connectivity index (χ3v) is 7.16. The zero-order chi connectivity index (χ0) is 18.9. The van der Waals surface area contributed by atoms with E-state index < -0.39 is 10.0 Å². The summed E-state index contributed by atoms with van der Waals surface area (Å²) in [4.78, 5) is 2.45. The maximum atomic E-state index is 13.0. The van der Waals surface area contributed by atoms with Crippen LogP contribution in [0.4, 0.5) is 0 Å². The molecule has 1 saturated heterocycles. The van der Waals surface area contributed by atoms with E-state index in [1.54, 1.807) is 30.3 Å². The number of piperazine rings is 1. The molecule has 138 valence electrons. The minimum atomic E-state index is -3.59. The minimum Gasteiger partial charge on any atom is -0.296 e. The fraction of sp³-hybridized carbons (Fsp3) is 0.278.